The molecule has 0 N–H and O–H groups in total. The topological polar surface area (TPSA) is 3.24 Å². The van der Waals surface area contributed by atoms with Crippen molar-refractivity contribution in [2.75, 3.05) is 17.5 Å². The summed E-state index contributed by atoms with van der Waals surface area (Å²) < 4.78 is 174. The van der Waals surface area contributed by atoms with Gasteiger partial charge in [-0.05, 0) is 17.4 Å². The Morgan fingerprint density at radius 3 is 1.62 bits per heavy atom. The van der Waals surface area contributed by atoms with Gasteiger partial charge in [0.15, 0.2) is 0 Å². The smallest absolute Gasteiger partial charge is 0.298 e. The summed E-state index contributed by atoms with van der Waals surface area (Å²) in [7, 11) is 0. The van der Waals surface area contributed by atoms with Crippen molar-refractivity contribution in [2.45, 2.75) is 48.8 Å². The molecule has 15 heteroatoms. The maximum atomic E-state index is 14.3. The Morgan fingerprint density at radius 1 is 0.676 bits per heavy atom. The zero-order valence-electron chi connectivity index (χ0n) is 16.8. The Balaban J connectivity index is 2.29. The predicted molar refractivity (Wildman–Crippen MR) is 103 cm³/mol. The van der Waals surface area contributed by atoms with E-state index in [9.17, 15) is 57.1 Å². The predicted octanol–water partition coefficient (Wildman–Crippen LogP) is 7.30. The molecule has 0 radical (unpaired) electrons. The van der Waals surface area contributed by atoms with Crippen LogP contribution in [0.3, 0.4) is 0 Å². The summed E-state index contributed by atoms with van der Waals surface area (Å²) in [6, 6.07) is 8.33. The van der Waals surface area contributed by atoms with Gasteiger partial charge in [0, 0.05) is 30.5 Å². The van der Waals surface area contributed by atoms with E-state index in [2.05, 4.69) is 0 Å². The molecule has 0 spiro atoms. The molecule has 1 aromatic rings. The molecule has 0 aromatic heterocycles. The van der Waals surface area contributed by atoms with Crippen LogP contribution in [0.1, 0.15) is 12.0 Å². The van der Waals surface area contributed by atoms with Crippen LogP contribution in [-0.2, 0) is 6.54 Å². The summed E-state index contributed by atoms with van der Waals surface area (Å²) in [5.41, 5.74) is 0.702. The van der Waals surface area contributed by atoms with E-state index in [1.807, 2.05) is 0 Å². The molecule has 196 valence electrons. The van der Waals surface area contributed by atoms with E-state index in [4.69, 9.17) is 0 Å². The lowest BCUT2D eigenvalue weighted by Gasteiger charge is -2.40. The van der Waals surface area contributed by atoms with Gasteiger partial charge in [-0.1, -0.05) is 52.9 Å². The minimum Gasteiger partial charge on any atom is -0.298 e. The van der Waals surface area contributed by atoms with Gasteiger partial charge in [0.05, 0.1) is 0 Å². The molecule has 0 bridgehead atoms. The maximum absolute atomic E-state index is 14.3. The molecule has 1 aliphatic rings. The van der Waals surface area contributed by atoms with E-state index in [0.29, 0.717) is 5.56 Å². The maximum Gasteiger partial charge on any atom is 0.460 e. The lowest BCUT2D eigenvalue weighted by atomic mass is 9.85. The Labute approximate surface area is 198 Å². The lowest BCUT2D eigenvalue weighted by molar-refractivity contribution is -0.440. The molecular formula is C19H17F13IN. The van der Waals surface area contributed by atoms with E-state index < -0.39 is 54.0 Å². The Hall–Kier alpha value is -1.00. The zero-order chi connectivity index (χ0) is 26.4. The van der Waals surface area contributed by atoms with Crippen molar-refractivity contribution in [1.29, 1.82) is 0 Å². The summed E-state index contributed by atoms with van der Waals surface area (Å²) in [5.74, 6) is -38.8. The first-order valence-corrected chi connectivity index (χ1v) is 11.0. The summed E-state index contributed by atoms with van der Waals surface area (Å²) in [6.45, 7) is -0.115. The van der Waals surface area contributed by atoms with E-state index in [1.165, 1.54) is 4.90 Å². The van der Waals surface area contributed by atoms with E-state index in [1.54, 1.807) is 52.9 Å². The number of alkyl halides is 14. The van der Waals surface area contributed by atoms with Gasteiger partial charge in [0.2, 0.25) is 0 Å². The molecule has 1 aromatic carbocycles. The Morgan fingerprint density at radius 2 is 1.15 bits per heavy atom. The highest BCUT2D eigenvalue weighted by atomic mass is 127. The van der Waals surface area contributed by atoms with Gasteiger partial charge >= 0.3 is 35.8 Å². The van der Waals surface area contributed by atoms with Gasteiger partial charge in [-0.2, -0.15) is 57.1 Å². The van der Waals surface area contributed by atoms with Crippen LogP contribution >= 0.6 is 22.6 Å². The fourth-order valence-corrected chi connectivity index (χ4v) is 4.67. The molecule has 2 rings (SSSR count). The van der Waals surface area contributed by atoms with Crippen molar-refractivity contribution in [2.24, 2.45) is 11.8 Å². The third-order valence-electron chi connectivity index (χ3n) is 5.62. The minimum atomic E-state index is -7.86. The highest BCUT2D eigenvalue weighted by Crippen LogP contribution is 2.61. The van der Waals surface area contributed by atoms with Crippen molar-refractivity contribution in [3.63, 3.8) is 0 Å². The highest BCUT2D eigenvalue weighted by Gasteiger charge is 2.90. The normalized spacial score (nSPS) is 21.8. The molecule has 1 fully saturated rings. The second-order valence-corrected chi connectivity index (χ2v) is 8.94. The first kappa shape index (κ1) is 29.2. The lowest BCUT2D eigenvalue weighted by Crippen LogP contribution is -2.70. The molecule has 1 heterocycles. The molecule has 0 saturated carbocycles. The number of halogens is 14. The van der Waals surface area contributed by atoms with Crippen molar-refractivity contribution in [1.82, 2.24) is 4.90 Å². The third kappa shape index (κ3) is 4.96. The quantitative estimate of drug-likeness (QED) is 0.157. The van der Waals surface area contributed by atoms with Crippen molar-refractivity contribution in [3.8, 4) is 0 Å². The highest BCUT2D eigenvalue weighted by molar-refractivity contribution is 14.1. The van der Waals surface area contributed by atoms with Crippen LogP contribution < -0.4 is 0 Å². The van der Waals surface area contributed by atoms with Crippen LogP contribution in [0.2, 0.25) is 0 Å². The average Bonchev–Trinajstić information content (AvgIpc) is 3.07. The second-order valence-electron chi connectivity index (χ2n) is 8.06. The molecule has 2 atom stereocenters. The second kappa shape index (κ2) is 9.47. The minimum absolute atomic E-state index is 0.0584. The zero-order valence-corrected chi connectivity index (χ0v) is 19.0. The first-order valence-electron chi connectivity index (χ1n) is 9.51. The molecule has 0 unspecified atom stereocenters. The number of benzene rings is 1. The third-order valence-corrected chi connectivity index (χ3v) is 6.75. The van der Waals surface area contributed by atoms with Crippen molar-refractivity contribution >= 4 is 22.6 Å². The van der Waals surface area contributed by atoms with Crippen LogP contribution in [0.5, 0.6) is 0 Å². The number of rotatable bonds is 9. The molecular weight excluding hydrogens is 616 g/mol. The summed E-state index contributed by atoms with van der Waals surface area (Å²) in [4.78, 5) is 1.53. The van der Waals surface area contributed by atoms with Gasteiger partial charge in [-0.25, -0.2) is 0 Å². The van der Waals surface area contributed by atoms with Crippen LogP contribution in [0.4, 0.5) is 57.1 Å². The fourth-order valence-electron chi connectivity index (χ4n) is 3.67. The standard InChI is InChI=1S/C19H17F13IN/c20-14(21,15(22,23)16(24,25)17(26,27)18(28,29)19(30,31)32)6-12-9-34(10-13(12)7-33)8-11-4-2-1-3-5-11/h1-5,12-13H,6-10H2/t12-,13-/m1/s1. The monoisotopic (exact) mass is 633 g/mol. The SMILES string of the molecule is FC(F)(F)C(F)(F)C(F)(F)C(F)(F)C(F)(F)C(F)(F)C[C@@H]1CN(Cc2ccccc2)C[C@H]1CI. The van der Waals surface area contributed by atoms with Crippen molar-refractivity contribution < 1.29 is 57.1 Å². The van der Waals surface area contributed by atoms with Gasteiger partial charge in [0.1, 0.15) is 0 Å². The van der Waals surface area contributed by atoms with Crippen LogP contribution in [-0.4, -0.2) is 58.2 Å². The summed E-state index contributed by atoms with van der Waals surface area (Å²) in [6.07, 6.45) is -9.52. The van der Waals surface area contributed by atoms with Gasteiger partial charge in [-0.3, -0.25) is 4.90 Å². The van der Waals surface area contributed by atoms with Gasteiger partial charge in [-0.15, -0.1) is 0 Å². The van der Waals surface area contributed by atoms with Crippen LogP contribution in [0.25, 0.3) is 0 Å². The number of hydrogen-bond donors (Lipinski definition) is 0. The molecule has 1 saturated heterocycles. The van der Waals surface area contributed by atoms with Crippen LogP contribution in [0, 0.1) is 11.8 Å². The first-order chi connectivity index (χ1) is 15.2. The molecule has 0 aliphatic carbocycles. The van der Waals surface area contributed by atoms with Gasteiger partial charge < -0.3 is 0 Å². The Kier molecular flexibility index (Phi) is 8.14. The number of likely N-dealkylation sites (tertiary alicyclic amines) is 1. The van der Waals surface area contributed by atoms with Crippen molar-refractivity contribution in [3.05, 3.63) is 35.9 Å². The Bertz CT molecular complexity index is 825. The summed E-state index contributed by atoms with van der Waals surface area (Å²) in [5, 5.41) is 0. The average molecular weight is 633 g/mol. The largest absolute Gasteiger partial charge is 0.460 e. The fraction of sp³-hybridized carbons (Fsp3) is 0.684. The molecule has 1 aliphatic heterocycles. The van der Waals surface area contributed by atoms with Gasteiger partial charge in [0.25, 0.3) is 0 Å². The van der Waals surface area contributed by atoms with Crippen LogP contribution in [0.15, 0.2) is 30.3 Å². The number of nitrogens with zero attached hydrogens (tertiary/aromatic N) is 1. The number of hydrogen-bond acceptors (Lipinski definition) is 1. The van der Waals surface area contributed by atoms with E-state index in [-0.39, 0.29) is 24.1 Å². The van der Waals surface area contributed by atoms with E-state index in [0.717, 1.165) is 0 Å². The molecule has 1 nitrogen and oxygen atoms in total. The molecule has 34 heavy (non-hydrogen) atoms. The molecule has 0 amide bonds. The van der Waals surface area contributed by atoms with E-state index >= 15 is 0 Å². The summed E-state index contributed by atoms with van der Waals surface area (Å²) >= 11 is 1.72.